The van der Waals surface area contributed by atoms with Gasteiger partial charge in [-0.05, 0) is 31.0 Å². The van der Waals surface area contributed by atoms with Crippen molar-refractivity contribution in [1.82, 2.24) is 5.48 Å². The van der Waals surface area contributed by atoms with E-state index in [0.717, 1.165) is 12.0 Å². The number of aliphatic hydroxyl groups is 1. The molecule has 0 aliphatic heterocycles. The number of nitrogens with one attached hydrogen (secondary N) is 1. The fraction of sp³-hybridized carbons (Fsp3) is 0.417. The summed E-state index contributed by atoms with van der Waals surface area (Å²) in [5.41, 5.74) is 3.65. The number of hydroxylamine groups is 1. The Hall–Kier alpha value is -1.10. The summed E-state index contributed by atoms with van der Waals surface area (Å²) in [6.07, 6.45) is 0.230. The summed E-state index contributed by atoms with van der Waals surface area (Å²) in [5.74, 6) is -0.418. The van der Waals surface area contributed by atoms with Gasteiger partial charge >= 0.3 is 0 Å². The molecule has 4 nitrogen and oxygen atoms in total. The number of aliphatic hydroxyl groups excluding tert-OH is 1. The van der Waals surface area contributed by atoms with Gasteiger partial charge in [0.2, 0.25) is 0 Å². The highest BCUT2D eigenvalue weighted by molar-refractivity contribution is 6.33. The standard InChI is InChI=1S/C12H16ClNO3/c1-3-9-4-5-10(11(13)6-9)12(16)14-17-7-8(2)15/h4-6,8,15H,3,7H2,1-2H3,(H,14,16)/t8-/m0/s1. The lowest BCUT2D eigenvalue weighted by atomic mass is 10.1. The number of rotatable bonds is 5. The molecule has 0 heterocycles. The van der Waals surface area contributed by atoms with Crippen molar-refractivity contribution in [3.63, 3.8) is 0 Å². The predicted molar refractivity (Wildman–Crippen MR) is 65.9 cm³/mol. The van der Waals surface area contributed by atoms with Gasteiger partial charge in [0.05, 0.1) is 16.7 Å². The Morgan fingerprint density at radius 2 is 2.29 bits per heavy atom. The van der Waals surface area contributed by atoms with E-state index in [4.69, 9.17) is 21.5 Å². The molecular formula is C12H16ClNO3. The molecule has 0 spiro atoms. The molecule has 1 rings (SSSR count). The van der Waals surface area contributed by atoms with Crippen LogP contribution in [0.4, 0.5) is 0 Å². The summed E-state index contributed by atoms with van der Waals surface area (Å²) < 4.78 is 0. The van der Waals surface area contributed by atoms with Crippen molar-refractivity contribution >= 4 is 17.5 Å². The molecule has 5 heteroatoms. The summed E-state index contributed by atoms with van der Waals surface area (Å²) in [7, 11) is 0. The first-order chi connectivity index (χ1) is 8.04. The van der Waals surface area contributed by atoms with Crippen LogP contribution in [0.2, 0.25) is 5.02 Å². The zero-order valence-corrected chi connectivity index (χ0v) is 10.6. The molecule has 2 N–H and O–H groups in total. The molecule has 94 valence electrons. The third-order valence-corrected chi connectivity index (χ3v) is 2.49. The van der Waals surface area contributed by atoms with E-state index in [0.29, 0.717) is 10.6 Å². The minimum absolute atomic E-state index is 0.0381. The highest BCUT2D eigenvalue weighted by Gasteiger charge is 2.10. The van der Waals surface area contributed by atoms with E-state index in [1.165, 1.54) is 0 Å². The molecule has 1 atom stereocenters. The summed E-state index contributed by atoms with van der Waals surface area (Å²) in [5, 5.41) is 9.35. The minimum Gasteiger partial charge on any atom is -0.391 e. The summed E-state index contributed by atoms with van der Waals surface area (Å²) in [6, 6.07) is 5.25. The first-order valence-electron chi connectivity index (χ1n) is 5.43. The summed E-state index contributed by atoms with van der Waals surface area (Å²) in [6.45, 7) is 3.61. The van der Waals surface area contributed by atoms with Crippen LogP contribution in [0, 0.1) is 0 Å². The Kier molecular flexibility index (Phi) is 5.41. The van der Waals surface area contributed by atoms with Crippen LogP contribution < -0.4 is 5.48 Å². The molecule has 1 amide bonds. The molecule has 0 bridgehead atoms. The van der Waals surface area contributed by atoms with E-state index >= 15 is 0 Å². The topological polar surface area (TPSA) is 58.6 Å². The largest absolute Gasteiger partial charge is 0.391 e. The third kappa shape index (κ3) is 4.34. The van der Waals surface area contributed by atoms with Crippen LogP contribution in [-0.2, 0) is 11.3 Å². The van der Waals surface area contributed by atoms with Crippen LogP contribution in [0.5, 0.6) is 0 Å². The predicted octanol–water partition coefficient (Wildman–Crippen LogP) is 1.94. The molecule has 0 fully saturated rings. The highest BCUT2D eigenvalue weighted by Crippen LogP contribution is 2.18. The molecule has 0 aliphatic carbocycles. The van der Waals surface area contributed by atoms with Crippen molar-refractivity contribution in [3.05, 3.63) is 34.3 Å². The van der Waals surface area contributed by atoms with Gasteiger partial charge in [0.25, 0.3) is 5.91 Å². The van der Waals surface area contributed by atoms with Crippen molar-refractivity contribution in [1.29, 1.82) is 0 Å². The molecule has 0 aliphatic rings. The lowest BCUT2D eigenvalue weighted by Gasteiger charge is -2.09. The average molecular weight is 258 g/mol. The van der Waals surface area contributed by atoms with Crippen molar-refractivity contribution in [2.24, 2.45) is 0 Å². The van der Waals surface area contributed by atoms with E-state index in [-0.39, 0.29) is 6.61 Å². The van der Waals surface area contributed by atoms with Crippen LogP contribution >= 0.6 is 11.6 Å². The second-order valence-corrected chi connectivity index (χ2v) is 4.17. The van der Waals surface area contributed by atoms with Crippen LogP contribution in [0.15, 0.2) is 18.2 Å². The van der Waals surface area contributed by atoms with E-state index in [1.54, 1.807) is 19.1 Å². The normalized spacial score (nSPS) is 12.2. The van der Waals surface area contributed by atoms with E-state index < -0.39 is 12.0 Å². The van der Waals surface area contributed by atoms with E-state index in [9.17, 15) is 4.79 Å². The molecule has 0 radical (unpaired) electrons. The number of hydrogen-bond acceptors (Lipinski definition) is 3. The smallest absolute Gasteiger partial charge is 0.276 e. The first kappa shape index (κ1) is 14.0. The maximum atomic E-state index is 11.6. The van der Waals surface area contributed by atoms with E-state index in [1.807, 2.05) is 13.0 Å². The zero-order chi connectivity index (χ0) is 12.8. The fourth-order valence-corrected chi connectivity index (χ4v) is 1.53. The number of carbonyl (C=O) groups is 1. The van der Waals surface area contributed by atoms with Gasteiger partial charge in [-0.3, -0.25) is 9.63 Å². The average Bonchev–Trinajstić information content (AvgIpc) is 2.28. The van der Waals surface area contributed by atoms with Gasteiger partial charge in [0.1, 0.15) is 6.61 Å². The van der Waals surface area contributed by atoms with Gasteiger partial charge in [-0.1, -0.05) is 24.6 Å². The quantitative estimate of drug-likeness (QED) is 0.793. The first-order valence-corrected chi connectivity index (χ1v) is 5.81. The highest BCUT2D eigenvalue weighted by atomic mass is 35.5. The van der Waals surface area contributed by atoms with Crippen LogP contribution in [0.25, 0.3) is 0 Å². The van der Waals surface area contributed by atoms with Gasteiger partial charge in [-0.15, -0.1) is 0 Å². The number of hydrogen-bond donors (Lipinski definition) is 2. The molecule has 0 saturated heterocycles. The van der Waals surface area contributed by atoms with Crippen molar-refractivity contribution < 1.29 is 14.7 Å². The Labute approximate surface area is 105 Å². The van der Waals surface area contributed by atoms with Crippen LogP contribution in [0.3, 0.4) is 0 Å². The SMILES string of the molecule is CCc1ccc(C(=O)NOC[C@H](C)O)c(Cl)c1. The maximum Gasteiger partial charge on any atom is 0.276 e. The number of halogens is 1. The van der Waals surface area contributed by atoms with E-state index in [2.05, 4.69) is 5.48 Å². The Morgan fingerprint density at radius 1 is 1.59 bits per heavy atom. The summed E-state index contributed by atoms with van der Waals surface area (Å²) in [4.78, 5) is 16.5. The second-order valence-electron chi connectivity index (χ2n) is 3.76. The number of benzene rings is 1. The van der Waals surface area contributed by atoms with Gasteiger partial charge in [0, 0.05) is 0 Å². The van der Waals surface area contributed by atoms with Gasteiger partial charge in [-0.2, -0.15) is 0 Å². The van der Waals surface area contributed by atoms with Crippen molar-refractivity contribution in [2.45, 2.75) is 26.4 Å². The molecule has 17 heavy (non-hydrogen) atoms. The second kappa shape index (κ2) is 6.59. The Bertz CT molecular complexity index is 393. The van der Waals surface area contributed by atoms with Crippen LogP contribution in [0.1, 0.15) is 29.8 Å². The molecule has 0 saturated carbocycles. The third-order valence-electron chi connectivity index (χ3n) is 2.18. The van der Waals surface area contributed by atoms with Crippen molar-refractivity contribution in [3.8, 4) is 0 Å². The number of aryl methyl sites for hydroxylation is 1. The zero-order valence-electron chi connectivity index (χ0n) is 9.87. The lowest BCUT2D eigenvalue weighted by molar-refractivity contribution is -0.00686. The van der Waals surface area contributed by atoms with Gasteiger partial charge < -0.3 is 5.11 Å². The number of amides is 1. The fourth-order valence-electron chi connectivity index (χ4n) is 1.25. The molecule has 1 aromatic carbocycles. The molecular weight excluding hydrogens is 242 g/mol. The molecule has 0 aromatic heterocycles. The summed E-state index contributed by atoms with van der Waals surface area (Å²) >= 11 is 5.98. The monoisotopic (exact) mass is 257 g/mol. The Morgan fingerprint density at radius 3 is 2.82 bits per heavy atom. The van der Waals surface area contributed by atoms with Gasteiger partial charge in [0.15, 0.2) is 0 Å². The lowest BCUT2D eigenvalue weighted by Crippen LogP contribution is -2.27. The van der Waals surface area contributed by atoms with Crippen molar-refractivity contribution in [2.75, 3.05) is 6.61 Å². The number of carbonyl (C=O) groups excluding carboxylic acids is 1. The van der Waals surface area contributed by atoms with Crippen LogP contribution in [-0.4, -0.2) is 23.7 Å². The van der Waals surface area contributed by atoms with Gasteiger partial charge in [-0.25, -0.2) is 5.48 Å². The minimum atomic E-state index is -0.631. The molecule has 0 unspecified atom stereocenters. The Balaban J connectivity index is 2.63. The molecule has 1 aromatic rings. The maximum absolute atomic E-state index is 11.6.